The number of rotatable bonds is 7. The first-order valence-corrected chi connectivity index (χ1v) is 13.5. The number of likely N-dealkylation sites (tertiary alicyclic amines) is 1. The Balaban J connectivity index is 0.000000877. The number of pyridine rings is 1. The number of hydrogen-bond acceptors (Lipinski definition) is 5. The van der Waals surface area contributed by atoms with E-state index in [-0.39, 0.29) is 23.9 Å². The van der Waals surface area contributed by atoms with Gasteiger partial charge in [-0.25, -0.2) is 9.37 Å². The smallest absolute Gasteiger partial charge is 0.246 e. The minimum absolute atomic E-state index is 0.0547. The summed E-state index contributed by atoms with van der Waals surface area (Å²) in [5.74, 6) is 0.687. The van der Waals surface area contributed by atoms with Gasteiger partial charge in [-0.1, -0.05) is 36.1 Å². The second-order valence-electron chi connectivity index (χ2n) is 9.50. The Morgan fingerprint density at radius 2 is 1.97 bits per heavy atom. The number of amides is 2. The molecule has 1 N–H and O–H groups in total. The molecule has 6 nitrogen and oxygen atoms in total. The van der Waals surface area contributed by atoms with Gasteiger partial charge in [0.1, 0.15) is 12.5 Å². The zero-order chi connectivity index (χ0) is 27.4. The number of carbonyl (C=O) groups is 2. The number of carbonyl (C=O) groups excluding carboxylic acids is 2. The van der Waals surface area contributed by atoms with Crippen molar-refractivity contribution in [2.24, 2.45) is 5.41 Å². The van der Waals surface area contributed by atoms with Gasteiger partial charge < -0.3 is 15.1 Å². The average Bonchev–Trinajstić information content (AvgIpc) is 2.89. The maximum atomic E-state index is 12.8. The Labute approximate surface area is 225 Å². The number of anilines is 1. The first kappa shape index (κ1) is 30.5. The highest BCUT2D eigenvalue weighted by atomic mass is 32.2. The largest absolute Gasteiger partial charge is 0.337 e. The highest BCUT2D eigenvalue weighted by molar-refractivity contribution is 8.06. The van der Waals surface area contributed by atoms with Gasteiger partial charge in [0.2, 0.25) is 11.8 Å². The Bertz CT molecular complexity index is 1060. The summed E-state index contributed by atoms with van der Waals surface area (Å²) in [6.45, 7) is 9.95. The van der Waals surface area contributed by atoms with E-state index in [0.29, 0.717) is 18.8 Å². The molecule has 0 saturated carbocycles. The molecule has 1 saturated heterocycles. The van der Waals surface area contributed by atoms with Crippen molar-refractivity contribution < 1.29 is 14.0 Å². The molecule has 0 radical (unpaired) electrons. The minimum Gasteiger partial charge on any atom is -0.337 e. The number of fused-ring (bicyclic) bond motifs is 1. The maximum Gasteiger partial charge on any atom is 0.246 e. The third-order valence-electron chi connectivity index (χ3n) is 6.71. The second-order valence-corrected chi connectivity index (χ2v) is 10.9. The molecule has 202 valence electrons. The van der Waals surface area contributed by atoms with Gasteiger partial charge in [-0.3, -0.25) is 9.59 Å². The van der Waals surface area contributed by atoms with E-state index in [2.05, 4.69) is 35.2 Å². The molecular formula is C29H41FN4O2S. The topological polar surface area (TPSA) is 65.5 Å². The van der Waals surface area contributed by atoms with Gasteiger partial charge in [0, 0.05) is 24.2 Å². The summed E-state index contributed by atoms with van der Waals surface area (Å²) in [6.07, 6.45) is 14.8. The molecule has 2 aliphatic rings. The molecule has 0 aliphatic carbocycles. The quantitative estimate of drug-likeness (QED) is 0.355. The Morgan fingerprint density at radius 1 is 1.27 bits per heavy atom. The van der Waals surface area contributed by atoms with Crippen LogP contribution in [0.25, 0.3) is 6.08 Å². The van der Waals surface area contributed by atoms with Crippen LogP contribution in [0.2, 0.25) is 0 Å². The normalized spacial score (nSPS) is 18.0. The first-order chi connectivity index (χ1) is 17.7. The van der Waals surface area contributed by atoms with Gasteiger partial charge in [0.15, 0.2) is 0 Å². The number of likely N-dealkylation sites (N-methyl/N-ethyl adjacent to an activating group) is 1. The van der Waals surface area contributed by atoms with Crippen LogP contribution >= 0.6 is 11.8 Å². The lowest BCUT2D eigenvalue weighted by molar-refractivity contribution is -0.128. The van der Waals surface area contributed by atoms with Crippen molar-refractivity contribution in [1.29, 1.82) is 0 Å². The maximum absolute atomic E-state index is 12.8. The lowest BCUT2D eigenvalue weighted by Crippen LogP contribution is -2.49. The third-order valence-corrected chi connectivity index (χ3v) is 7.89. The van der Waals surface area contributed by atoms with Crippen LogP contribution in [-0.4, -0.2) is 67.0 Å². The predicted molar refractivity (Wildman–Crippen MR) is 154 cm³/mol. The van der Waals surface area contributed by atoms with Crippen molar-refractivity contribution in [2.75, 3.05) is 45.7 Å². The van der Waals surface area contributed by atoms with E-state index in [9.17, 15) is 14.0 Å². The van der Waals surface area contributed by atoms with E-state index in [4.69, 9.17) is 0 Å². The molecule has 1 aromatic heterocycles. The fourth-order valence-electron chi connectivity index (χ4n) is 4.15. The van der Waals surface area contributed by atoms with Crippen LogP contribution in [-0.2, 0) is 16.0 Å². The molecule has 1 fully saturated rings. The number of halogens is 1. The molecule has 0 aromatic carbocycles. The van der Waals surface area contributed by atoms with Crippen LogP contribution in [0.15, 0.2) is 52.5 Å². The highest BCUT2D eigenvalue weighted by Crippen LogP contribution is 2.40. The Morgan fingerprint density at radius 3 is 2.54 bits per heavy atom. The number of hydrogen-bond donors (Lipinski definition) is 1. The average molecular weight is 529 g/mol. The molecule has 37 heavy (non-hydrogen) atoms. The fourth-order valence-corrected chi connectivity index (χ4v) is 5.05. The summed E-state index contributed by atoms with van der Waals surface area (Å²) < 4.78 is 10.9. The number of nitrogens with zero attached hydrogens (tertiary/aromatic N) is 3. The summed E-state index contributed by atoms with van der Waals surface area (Å²) in [4.78, 5) is 36.2. The van der Waals surface area contributed by atoms with Crippen LogP contribution in [0.4, 0.5) is 10.2 Å². The van der Waals surface area contributed by atoms with Crippen molar-refractivity contribution in [3.05, 3.63) is 63.6 Å². The first-order valence-electron chi connectivity index (χ1n) is 12.7. The van der Waals surface area contributed by atoms with Gasteiger partial charge in [-0.05, 0) is 95.3 Å². The van der Waals surface area contributed by atoms with Crippen LogP contribution in [0.3, 0.4) is 0 Å². The SMILES string of the molecule is C/C=C(\C)S/C(=C/C)CN(C)C(=O)/C=C/c1cnc2c(c1)CC1(CCN(C)CC1)C(=O)N2.C/C=C\CF. The Hall–Kier alpha value is -2.71. The molecule has 1 aromatic rings. The van der Waals surface area contributed by atoms with Crippen LogP contribution in [0, 0.1) is 5.41 Å². The summed E-state index contributed by atoms with van der Waals surface area (Å²) in [5, 5.41) is 3.01. The Kier molecular flexibility index (Phi) is 12.3. The summed E-state index contributed by atoms with van der Waals surface area (Å²) in [7, 11) is 3.91. The molecule has 0 atom stereocenters. The van der Waals surface area contributed by atoms with E-state index < -0.39 is 0 Å². The summed E-state index contributed by atoms with van der Waals surface area (Å²) in [6, 6.07) is 2.05. The monoisotopic (exact) mass is 528 g/mol. The van der Waals surface area contributed by atoms with Gasteiger partial charge in [0.25, 0.3) is 0 Å². The number of aromatic nitrogens is 1. The highest BCUT2D eigenvalue weighted by Gasteiger charge is 2.44. The van der Waals surface area contributed by atoms with E-state index in [0.717, 1.165) is 42.0 Å². The van der Waals surface area contributed by atoms with Gasteiger partial charge in [-0.2, -0.15) is 0 Å². The van der Waals surface area contributed by atoms with Crippen molar-refractivity contribution >= 4 is 35.5 Å². The number of piperidine rings is 1. The molecule has 2 aliphatic heterocycles. The predicted octanol–water partition coefficient (Wildman–Crippen LogP) is 5.85. The summed E-state index contributed by atoms with van der Waals surface area (Å²) >= 11 is 1.69. The molecule has 8 heteroatoms. The fraction of sp³-hybridized carbons (Fsp3) is 0.483. The van der Waals surface area contributed by atoms with E-state index in [1.807, 2.05) is 39.1 Å². The van der Waals surface area contributed by atoms with Gasteiger partial charge >= 0.3 is 0 Å². The van der Waals surface area contributed by atoms with Crippen molar-refractivity contribution in [1.82, 2.24) is 14.8 Å². The van der Waals surface area contributed by atoms with E-state index >= 15 is 0 Å². The number of allylic oxidation sites excluding steroid dienone is 5. The molecule has 2 amide bonds. The molecule has 0 unspecified atom stereocenters. The lowest BCUT2D eigenvalue weighted by atomic mass is 9.71. The standard InChI is InChI=1S/C25H34N4O2S.C4H7F/c1-6-18(3)32-21(7-2)17-29(5)22(30)9-8-19-14-20-15-25(10-12-28(4)13-11-25)24(31)27-23(20)26-16-19;1-2-3-4-5/h6-9,14,16H,10-13,15,17H2,1-5H3,(H,26,27,31);2-3H,4H2,1H3/b9-8+,18-6+,21-7+;3-2-. The number of thioether (sulfide) groups is 1. The molecule has 1 spiro atoms. The van der Waals surface area contributed by atoms with Crippen LogP contribution < -0.4 is 5.32 Å². The molecule has 3 rings (SSSR count). The zero-order valence-electron chi connectivity index (χ0n) is 23.0. The van der Waals surface area contributed by atoms with E-state index in [1.165, 1.54) is 11.0 Å². The molecule has 3 heterocycles. The van der Waals surface area contributed by atoms with Gasteiger partial charge in [0.05, 0.1) is 12.0 Å². The number of alkyl halides is 1. The van der Waals surface area contributed by atoms with Crippen molar-refractivity contribution in [2.45, 2.75) is 47.0 Å². The second kappa shape index (κ2) is 14.9. The zero-order valence-corrected chi connectivity index (χ0v) is 23.8. The molecular weight excluding hydrogens is 487 g/mol. The van der Waals surface area contributed by atoms with Crippen molar-refractivity contribution in [3.8, 4) is 0 Å². The van der Waals surface area contributed by atoms with Crippen LogP contribution in [0.1, 0.15) is 51.7 Å². The minimum atomic E-state index is -0.342. The molecule has 0 bridgehead atoms. The lowest BCUT2D eigenvalue weighted by Gasteiger charge is -2.42. The third kappa shape index (κ3) is 8.97. The van der Waals surface area contributed by atoms with Crippen LogP contribution in [0.5, 0.6) is 0 Å². The van der Waals surface area contributed by atoms with E-state index in [1.54, 1.807) is 41.9 Å². The van der Waals surface area contributed by atoms with Crippen molar-refractivity contribution in [3.63, 3.8) is 0 Å². The number of nitrogens with one attached hydrogen (secondary N) is 1. The van der Waals surface area contributed by atoms with Gasteiger partial charge in [-0.15, -0.1) is 0 Å². The summed E-state index contributed by atoms with van der Waals surface area (Å²) in [5.41, 5.74) is 1.58.